The Morgan fingerprint density at radius 3 is 1.71 bits per heavy atom. The first-order chi connectivity index (χ1) is 6.74. The van der Waals surface area contributed by atoms with Gasteiger partial charge in [0, 0.05) is 26.5 Å². The third kappa shape index (κ3) is 5.04. The van der Waals surface area contributed by atoms with Crippen LogP contribution in [0, 0.1) is 0 Å². The van der Waals surface area contributed by atoms with Gasteiger partial charge in [0.25, 0.3) is 0 Å². The van der Waals surface area contributed by atoms with E-state index in [2.05, 4.69) is 5.32 Å². The van der Waals surface area contributed by atoms with Crippen LogP contribution < -0.4 is 11.1 Å². The van der Waals surface area contributed by atoms with Gasteiger partial charge in [0.05, 0.1) is 6.17 Å². The van der Waals surface area contributed by atoms with E-state index in [4.69, 9.17) is 19.0 Å². The van der Waals surface area contributed by atoms with Crippen molar-refractivity contribution >= 4 is 8.80 Å². The second kappa shape index (κ2) is 8.34. The van der Waals surface area contributed by atoms with Crippen molar-refractivity contribution in [2.75, 3.05) is 32.7 Å². The molecule has 0 spiro atoms. The summed E-state index contributed by atoms with van der Waals surface area (Å²) < 4.78 is 16.8. The number of hydrogen-bond acceptors (Lipinski definition) is 5. The summed E-state index contributed by atoms with van der Waals surface area (Å²) in [5, 5.41) is 3.01. The van der Waals surface area contributed by atoms with Gasteiger partial charge in [-0.05, 0) is 20.8 Å². The molecule has 0 aromatic heterocycles. The smallest absolute Gasteiger partial charge is 0.373 e. The highest BCUT2D eigenvalue weighted by atomic mass is 28.4. The maximum atomic E-state index is 5.59. The van der Waals surface area contributed by atoms with Crippen LogP contribution in [-0.2, 0) is 13.3 Å². The first-order valence-electron chi connectivity index (χ1n) is 5.07. The minimum Gasteiger partial charge on any atom is -0.373 e. The van der Waals surface area contributed by atoms with E-state index >= 15 is 0 Å². The predicted molar refractivity (Wildman–Crippen MR) is 57.7 cm³/mol. The van der Waals surface area contributed by atoms with Gasteiger partial charge in [0.1, 0.15) is 0 Å². The van der Waals surface area contributed by atoms with E-state index in [0.717, 1.165) is 0 Å². The number of nitrogens with one attached hydrogen (secondary N) is 1. The molecule has 0 radical (unpaired) electrons. The molecule has 0 saturated carbocycles. The monoisotopic (exact) mass is 222 g/mol. The molecule has 0 heterocycles. The molecule has 0 bridgehead atoms. The van der Waals surface area contributed by atoms with Crippen molar-refractivity contribution in [3.63, 3.8) is 0 Å². The fourth-order valence-corrected chi connectivity index (χ4v) is 3.49. The predicted octanol–water partition coefficient (Wildman–Crippen LogP) is 0.0798. The average Bonchev–Trinajstić information content (AvgIpc) is 2.16. The van der Waals surface area contributed by atoms with Crippen LogP contribution in [0.25, 0.3) is 0 Å². The molecule has 0 unspecified atom stereocenters. The van der Waals surface area contributed by atoms with Crippen molar-refractivity contribution < 1.29 is 13.3 Å². The molecular weight excluding hydrogens is 200 g/mol. The van der Waals surface area contributed by atoms with Gasteiger partial charge in [-0.3, -0.25) is 0 Å². The fourth-order valence-electron chi connectivity index (χ4n) is 1.16. The first kappa shape index (κ1) is 14.0. The highest BCUT2D eigenvalue weighted by molar-refractivity contribution is 6.60. The molecule has 0 rings (SSSR count). The van der Waals surface area contributed by atoms with E-state index in [1.807, 2.05) is 20.8 Å². The minimum absolute atomic E-state index is 0.405. The fraction of sp³-hybridized carbons (Fsp3) is 1.00. The van der Waals surface area contributed by atoms with Crippen LogP contribution in [0.3, 0.4) is 0 Å². The topological polar surface area (TPSA) is 65.7 Å². The molecule has 0 aromatic carbocycles. The molecule has 0 fully saturated rings. The Kier molecular flexibility index (Phi) is 8.35. The second-order valence-corrected chi connectivity index (χ2v) is 5.20. The van der Waals surface area contributed by atoms with Gasteiger partial charge in [0.15, 0.2) is 0 Å². The lowest BCUT2D eigenvalue weighted by Crippen LogP contribution is -2.55. The van der Waals surface area contributed by atoms with Crippen molar-refractivity contribution in [1.82, 2.24) is 5.32 Å². The molecule has 0 saturated heterocycles. The van der Waals surface area contributed by atoms with E-state index in [9.17, 15) is 0 Å². The van der Waals surface area contributed by atoms with E-state index in [-0.39, 0.29) is 0 Å². The van der Waals surface area contributed by atoms with Crippen LogP contribution in [0.2, 0.25) is 0 Å². The van der Waals surface area contributed by atoms with Gasteiger partial charge in [-0.15, -0.1) is 0 Å². The van der Waals surface area contributed by atoms with Gasteiger partial charge in [-0.1, -0.05) is 0 Å². The summed E-state index contributed by atoms with van der Waals surface area (Å²) >= 11 is 0. The molecule has 3 N–H and O–H groups in total. The standard InChI is InChI=1S/C8H22N2O3Si/c1-4-11-14(12-5-2,13-6-3)8-10-7-9/h10H,4-9H2,1-3H3. The SMILES string of the molecule is CCO[Si](CNCN)(OCC)OCC. The van der Waals surface area contributed by atoms with Crippen molar-refractivity contribution in [3.8, 4) is 0 Å². The molecule has 0 aliphatic heterocycles. The number of rotatable bonds is 9. The zero-order chi connectivity index (χ0) is 10.9. The molecule has 5 nitrogen and oxygen atoms in total. The Hall–Kier alpha value is 0.0169. The van der Waals surface area contributed by atoms with Crippen LogP contribution in [0.1, 0.15) is 20.8 Å². The van der Waals surface area contributed by atoms with Gasteiger partial charge in [-0.25, -0.2) is 0 Å². The van der Waals surface area contributed by atoms with Crippen molar-refractivity contribution in [3.05, 3.63) is 0 Å². The summed E-state index contributed by atoms with van der Waals surface area (Å²) in [5.74, 6) is 0. The first-order valence-corrected chi connectivity index (χ1v) is 7.00. The van der Waals surface area contributed by atoms with Gasteiger partial charge in [0.2, 0.25) is 0 Å². The summed E-state index contributed by atoms with van der Waals surface area (Å²) in [6.07, 6.45) is 0.568. The third-order valence-corrected chi connectivity index (χ3v) is 4.45. The molecule has 0 atom stereocenters. The molecule has 14 heavy (non-hydrogen) atoms. The summed E-state index contributed by atoms with van der Waals surface area (Å²) in [6.45, 7) is 7.99. The second-order valence-electron chi connectivity index (χ2n) is 2.61. The number of nitrogens with two attached hydrogens (primary N) is 1. The maximum Gasteiger partial charge on any atom is 0.515 e. The van der Waals surface area contributed by atoms with Crippen molar-refractivity contribution in [1.29, 1.82) is 0 Å². The Morgan fingerprint density at radius 1 is 1.00 bits per heavy atom. The summed E-state index contributed by atoms with van der Waals surface area (Å²) in [7, 11) is -2.51. The van der Waals surface area contributed by atoms with Crippen molar-refractivity contribution in [2.24, 2.45) is 5.73 Å². The van der Waals surface area contributed by atoms with Gasteiger partial charge >= 0.3 is 8.80 Å². The quantitative estimate of drug-likeness (QED) is 0.427. The Balaban J connectivity index is 4.21. The van der Waals surface area contributed by atoms with Crippen molar-refractivity contribution in [2.45, 2.75) is 20.8 Å². The normalized spacial score (nSPS) is 12.0. The average molecular weight is 222 g/mol. The van der Waals surface area contributed by atoms with Gasteiger partial charge in [-0.2, -0.15) is 0 Å². The Labute approximate surface area is 87.3 Å². The zero-order valence-corrected chi connectivity index (χ0v) is 10.3. The van der Waals surface area contributed by atoms with E-state index < -0.39 is 8.80 Å². The lowest BCUT2D eigenvalue weighted by atomic mass is 10.9. The molecule has 86 valence electrons. The summed E-state index contributed by atoms with van der Waals surface area (Å²) in [5.41, 5.74) is 5.37. The van der Waals surface area contributed by atoms with Crippen LogP contribution in [-0.4, -0.2) is 41.5 Å². The molecular formula is C8H22N2O3Si. The number of hydrogen-bond donors (Lipinski definition) is 2. The Morgan fingerprint density at radius 2 is 1.43 bits per heavy atom. The van der Waals surface area contributed by atoms with Crippen LogP contribution in [0.4, 0.5) is 0 Å². The van der Waals surface area contributed by atoms with Gasteiger partial charge < -0.3 is 24.3 Å². The molecule has 0 aromatic rings. The van der Waals surface area contributed by atoms with E-state index in [1.54, 1.807) is 0 Å². The Bertz CT molecular complexity index is 121. The molecule has 0 aliphatic rings. The molecule has 0 aliphatic carbocycles. The largest absolute Gasteiger partial charge is 0.515 e. The van der Waals surface area contributed by atoms with E-state index in [1.165, 1.54) is 0 Å². The van der Waals surface area contributed by atoms with Crippen LogP contribution in [0.15, 0.2) is 0 Å². The maximum absolute atomic E-state index is 5.59. The summed E-state index contributed by atoms with van der Waals surface area (Å²) in [4.78, 5) is 0. The highest BCUT2D eigenvalue weighted by Crippen LogP contribution is 2.08. The van der Waals surface area contributed by atoms with E-state index in [0.29, 0.717) is 32.7 Å². The summed E-state index contributed by atoms with van der Waals surface area (Å²) in [6, 6.07) is 0. The molecule has 0 amide bonds. The zero-order valence-electron chi connectivity index (χ0n) is 9.34. The minimum atomic E-state index is -2.51. The molecule has 6 heteroatoms. The highest BCUT2D eigenvalue weighted by Gasteiger charge is 2.39. The third-order valence-electron chi connectivity index (χ3n) is 1.58. The van der Waals surface area contributed by atoms with Crippen LogP contribution in [0.5, 0.6) is 0 Å². The van der Waals surface area contributed by atoms with Crippen LogP contribution >= 0.6 is 0 Å². The lowest BCUT2D eigenvalue weighted by Gasteiger charge is -2.28. The lowest BCUT2D eigenvalue weighted by molar-refractivity contribution is 0.0702.